The van der Waals surface area contributed by atoms with E-state index < -0.39 is 10.0 Å². The average Bonchev–Trinajstić information content (AvgIpc) is 3.22. The largest absolute Gasteiger partial charge is 0.497 e. The number of rotatable bonds is 5. The third kappa shape index (κ3) is 4.18. The molecule has 0 saturated carbocycles. The molecule has 0 aliphatic carbocycles. The van der Waals surface area contributed by atoms with Gasteiger partial charge in [0.05, 0.1) is 17.7 Å². The van der Waals surface area contributed by atoms with E-state index in [4.69, 9.17) is 4.74 Å². The number of benzene rings is 3. The predicted octanol–water partition coefficient (Wildman–Crippen LogP) is 5.54. The number of ether oxygens (including phenoxy) is 1. The van der Waals surface area contributed by atoms with Crippen LogP contribution in [0.4, 0.5) is 5.69 Å². The number of hydrogen-bond acceptors (Lipinski definition) is 4. The number of nitrogens with zero attached hydrogens (tertiary/aromatic N) is 2. The van der Waals surface area contributed by atoms with Gasteiger partial charge >= 0.3 is 0 Å². The average molecular weight is 527 g/mol. The van der Waals surface area contributed by atoms with Crippen LogP contribution in [0.5, 0.6) is 5.75 Å². The molecule has 0 bridgehead atoms. The van der Waals surface area contributed by atoms with Crippen LogP contribution in [0.3, 0.4) is 0 Å². The van der Waals surface area contributed by atoms with E-state index >= 15 is 0 Å². The van der Waals surface area contributed by atoms with Gasteiger partial charge in [0.2, 0.25) is 0 Å². The van der Waals surface area contributed by atoms with Gasteiger partial charge in [0.15, 0.2) is 0 Å². The van der Waals surface area contributed by atoms with Gasteiger partial charge in [-0.25, -0.2) is 8.42 Å². The third-order valence-corrected chi connectivity index (χ3v) is 9.05. The van der Waals surface area contributed by atoms with Crippen LogP contribution in [0.25, 0.3) is 0 Å². The second-order valence-corrected chi connectivity index (χ2v) is 11.6. The number of methoxy groups -OCH3 is 1. The van der Waals surface area contributed by atoms with Crippen LogP contribution in [0, 0.1) is 12.8 Å². The number of sulfonamides is 1. The molecule has 0 N–H and O–H groups in total. The topological polar surface area (TPSA) is 49.9 Å². The molecule has 2 aliphatic rings. The molecular weight excluding hydrogens is 500 g/mol. The fourth-order valence-electron chi connectivity index (χ4n) is 5.08. The van der Waals surface area contributed by atoms with Gasteiger partial charge in [-0.2, -0.15) is 0 Å². The van der Waals surface area contributed by atoms with E-state index in [1.807, 2.05) is 43.3 Å². The minimum Gasteiger partial charge on any atom is -0.497 e. The van der Waals surface area contributed by atoms with E-state index in [-0.39, 0.29) is 12.0 Å². The van der Waals surface area contributed by atoms with Crippen molar-refractivity contribution >= 4 is 31.6 Å². The van der Waals surface area contributed by atoms with Crippen LogP contribution in [0.15, 0.2) is 76.1 Å². The van der Waals surface area contributed by atoms with Crippen LogP contribution in [-0.4, -0.2) is 33.5 Å². The Morgan fingerprint density at radius 3 is 2.45 bits per heavy atom. The maximum atomic E-state index is 13.7. The third-order valence-electron chi connectivity index (χ3n) is 6.76. The predicted molar refractivity (Wildman–Crippen MR) is 134 cm³/mol. The van der Waals surface area contributed by atoms with Gasteiger partial charge < -0.3 is 4.74 Å². The fraction of sp³-hybridized carbons (Fsp3) is 0.308. The number of likely N-dealkylation sites (tertiary alicyclic amines) is 1. The quantitative estimate of drug-likeness (QED) is 0.438. The van der Waals surface area contributed by atoms with Crippen molar-refractivity contribution in [3.8, 4) is 5.75 Å². The molecule has 5 rings (SSSR count). The zero-order chi connectivity index (χ0) is 23.2. The van der Waals surface area contributed by atoms with E-state index in [1.165, 1.54) is 5.56 Å². The Bertz CT molecular complexity index is 1260. The van der Waals surface area contributed by atoms with E-state index in [9.17, 15) is 8.42 Å². The van der Waals surface area contributed by atoms with Crippen LogP contribution in [-0.2, 0) is 16.6 Å². The lowest BCUT2D eigenvalue weighted by Crippen LogP contribution is -2.42. The SMILES string of the molecule is COc1ccc(CN2CC[C@@H]3CN(S(=O)(=O)c4ccc(C)cc4)c4ccc(Br)cc4[C@@H]32)cc1. The molecule has 0 unspecified atom stereocenters. The number of anilines is 1. The minimum absolute atomic E-state index is 0.184. The molecule has 7 heteroatoms. The van der Waals surface area contributed by atoms with Gasteiger partial charge in [-0.05, 0) is 79.4 Å². The van der Waals surface area contributed by atoms with Crippen molar-refractivity contribution in [2.24, 2.45) is 5.92 Å². The Hall–Kier alpha value is -2.35. The van der Waals surface area contributed by atoms with Gasteiger partial charge in [0, 0.05) is 23.6 Å². The summed E-state index contributed by atoms with van der Waals surface area (Å²) in [4.78, 5) is 2.82. The normalized spacial score (nSPS) is 20.4. The van der Waals surface area contributed by atoms with Gasteiger partial charge in [-0.15, -0.1) is 0 Å². The van der Waals surface area contributed by atoms with E-state index in [1.54, 1.807) is 23.5 Å². The molecule has 0 spiro atoms. The first-order valence-electron chi connectivity index (χ1n) is 11.1. The summed E-state index contributed by atoms with van der Waals surface area (Å²) in [6, 6.07) is 21.5. The Kier molecular flexibility index (Phi) is 5.97. The lowest BCUT2D eigenvalue weighted by atomic mass is 9.89. The molecule has 1 saturated heterocycles. The Morgan fingerprint density at radius 1 is 1.03 bits per heavy atom. The summed E-state index contributed by atoms with van der Waals surface area (Å²) >= 11 is 3.61. The standard InChI is InChI=1S/C26H27BrN2O3S/c1-18-3-10-23(11-4-18)33(30,31)29-17-20-13-14-28(16-19-5-8-22(32-2)9-6-19)26(20)24-15-21(27)7-12-25(24)29/h3-12,15,20,26H,13-14,16-17H2,1-2H3/t20-,26-/m1/s1. The first-order chi connectivity index (χ1) is 15.9. The minimum atomic E-state index is -3.64. The number of aryl methyl sites for hydroxylation is 1. The Morgan fingerprint density at radius 2 is 1.76 bits per heavy atom. The lowest BCUT2D eigenvalue weighted by Gasteiger charge is -2.40. The lowest BCUT2D eigenvalue weighted by molar-refractivity contribution is 0.217. The van der Waals surface area contributed by atoms with Crippen LogP contribution in [0.1, 0.15) is 29.2 Å². The second-order valence-electron chi connectivity index (χ2n) is 8.86. The van der Waals surface area contributed by atoms with Crippen molar-refractivity contribution in [3.05, 3.63) is 87.9 Å². The molecule has 0 amide bonds. The van der Waals surface area contributed by atoms with Crippen molar-refractivity contribution in [2.45, 2.75) is 30.8 Å². The van der Waals surface area contributed by atoms with Gasteiger partial charge in [0.1, 0.15) is 5.75 Å². The first kappa shape index (κ1) is 22.4. The number of fused-ring (bicyclic) bond motifs is 3. The Balaban J connectivity index is 1.51. The van der Waals surface area contributed by atoms with Crippen molar-refractivity contribution in [3.63, 3.8) is 0 Å². The summed E-state index contributed by atoms with van der Waals surface area (Å²) in [5, 5.41) is 0. The van der Waals surface area contributed by atoms with Crippen molar-refractivity contribution in [2.75, 3.05) is 24.5 Å². The van der Waals surface area contributed by atoms with E-state index in [2.05, 4.69) is 39.0 Å². The molecule has 3 aromatic carbocycles. The maximum Gasteiger partial charge on any atom is 0.264 e. The summed E-state index contributed by atoms with van der Waals surface area (Å²) in [5.74, 6) is 1.09. The smallest absolute Gasteiger partial charge is 0.264 e. The molecule has 172 valence electrons. The molecule has 5 nitrogen and oxygen atoms in total. The molecule has 0 aromatic heterocycles. The molecule has 2 atom stereocenters. The Labute approximate surface area is 204 Å². The summed E-state index contributed by atoms with van der Waals surface area (Å²) in [5.41, 5.74) is 4.12. The number of hydrogen-bond donors (Lipinski definition) is 0. The number of halogens is 1. The summed E-state index contributed by atoms with van der Waals surface area (Å²) in [6.45, 7) is 4.22. The first-order valence-corrected chi connectivity index (χ1v) is 13.4. The molecule has 0 radical (unpaired) electrons. The maximum absolute atomic E-state index is 13.7. The van der Waals surface area contributed by atoms with Crippen LogP contribution in [0.2, 0.25) is 0 Å². The molecule has 1 fully saturated rings. The monoisotopic (exact) mass is 526 g/mol. The van der Waals surface area contributed by atoms with Gasteiger partial charge in [-0.1, -0.05) is 45.8 Å². The van der Waals surface area contributed by atoms with Gasteiger partial charge in [-0.3, -0.25) is 9.21 Å². The van der Waals surface area contributed by atoms with Crippen molar-refractivity contribution < 1.29 is 13.2 Å². The molecule has 2 heterocycles. The van der Waals surface area contributed by atoms with E-state index in [0.29, 0.717) is 11.4 Å². The highest BCUT2D eigenvalue weighted by Crippen LogP contribution is 2.48. The zero-order valence-electron chi connectivity index (χ0n) is 18.7. The molecule has 33 heavy (non-hydrogen) atoms. The van der Waals surface area contributed by atoms with Crippen LogP contribution < -0.4 is 9.04 Å². The molecule has 3 aromatic rings. The zero-order valence-corrected chi connectivity index (χ0v) is 21.1. The molecule has 2 aliphatic heterocycles. The summed E-state index contributed by atoms with van der Waals surface area (Å²) in [7, 11) is -1.97. The van der Waals surface area contributed by atoms with Gasteiger partial charge in [0.25, 0.3) is 10.0 Å². The summed E-state index contributed by atoms with van der Waals surface area (Å²) in [6.07, 6.45) is 0.965. The van der Waals surface area contributed by atoms with Crippen LogP contribution >= 0.6 is 15.9 Å². The van der Waals surface area contributed by atoms with E-state index in [0.717, 1.165) is 46.5 Å². The highest BCUT2D eigenvalue weighted by atomic mass is 79.9. The highest BCUT2D eigenvalue weighted by Gasteiger charge is 2.44. The second kappa shape index (κ2) is 8.78. The highest BCUT2D eigenvalue weighted by molar-refractivity contribution is 9.10. The fourth-order valence-corrected chi connectivity index (χ4v) is 7.00. The van der Waals surface area contributed by atoms with Crippen molar-refractivity contribution in [1.29, 1.82) is 0 Å². The summed E-state index contributed by atoms with van der Waals surface area (Å²) < 4.78 is 35.2. The molecular formula is C26H27BrN2O3S. The van der Waals surface area contributed by atoms with Crippen molar-refractivity contribution in [1.82, 2.24) is 4.90 Å².